The van der Waals surface area contributed by atoms with E-state index in [2.05, 4.69) is 20.1 Å². The molecule has 0 atom stereocenters. The van der Waals surface area contributed by atoms with E-state index in [1.807, 2.05) is 61.5 Å². The largest absolute Gasteiger partial charge is 0.481 e. The van der Waals surface area contributed by atoms with Crippen LogP contribution in [0.1, 0.15) is 22.8 Å². The second kappa shape index (κ2) is 11.0. The maximum Gasteiger partial charge on any atom is 0.439 e. The fraction of sp³-hybridized carbons (Fsp3) is 0.129. The standard InChI is InChI=1S/C31H25N5O6/c1-3-41-30-33-25-8-4-6-23(29(37)38)26(25)36(30)17-18-9-11-19(12-10-18)24-16-20(21-7-5-15-32-28(21)40-2)13-14-22(24)27-34-31(39)42-35-27/h4-16H,3,17H2,1-2H3,(H,37,38)(H,34,35,39). The second-order valence-corrected chi connectivity index (χ2v) is 9.35. The third-order valence-electron chi connectivity index (χ3n) is 6.83. The molecule has 11 nitrogen and oxygen atoms in total. The second-order valence-electron chi connectivity index (χ2n) is 9.35. The molecule has 210 valence electrons. The quantitative estimate of drug-likeness (QED) is 0.240. The van der Waals surface area contributed by atoms with E-state index in [9.17, 15) is 14.7 Å². The van der Waals surface area contributed by atoms with Crippen molar-refractivity contribution < 1.29 is 23.9 Å². The predicted octanol–water partition coefficient (Wildman–Crippen LogP) is 5.26. The number of carboxylic acid groups (broad SMARTS) is 1. The highest BCUT2D eigenvalue weighted by molar-refractivity contribution is 6.01. The van der Waals surface area contributed by atoms with E-state index >= 15 is 0 Å². The van der Waals surface area contributed by atoms with Gasteiger partial charge in [-0.1, -0.05) is 41.6 Å². The summed E-state index contributed by atoms with van der Waals surface area (Å²) in [5.41, 5.74) is 6.09. The van der Waals surface area contributed by atoms with Crippen molar-refractivity contribution in [1.82, 2.24) is 24.7 Å². The molecule has 6 rings (SSSR count). The van der Waals surface area contributed by atoms with Gasteiger partial charge in [0, 0.05) is 17.3 Å². The Labute approximate surface area is 239 Å². The zero-order valence-electron chi connectivity index (χ0n) is 22.7. The number of aromatic amines is 1. The summed E-state index contributed by atoms with van der Waals surface area (Å²) < 4.78 is 17.8. The number of H-pyrrole nitrogens is 1. The lowest BCUT2D eigenvalue weighted by Gasteiger charge is -2.14. The Morgan fingerprint density at radius 1 is 1.00 bits per heavy atom. The van der Waals surface area contributed by atoms with E-state index in [0.717, 1.165) is 27.8 Å². The SMILES string of the molecule is CCOc1nc2cccc(C(=O)O)c2n1Cc1ccc(-c2cc(-c3cccnc3OC)ccc2-c2noc(=O)[nH]2)cc1. The highest BCUT2D eigenvalue weighted by Gasteiger charge is 2.20. The van der Waals surface area contributed by atoms with Crippen molar-refractivity contribution in [3.63, 3.8) is 0 Å². The van der Waals surface area contributed by atoms with Crippen LogP contribution in [0, 0.1) is 0 Å². The number of nitrogens with zero attached hydrogens (tertiary/aromatic N) is 4. The zero-order chi connectivity index (χ0) is 29.2. The summed E-state index contributed by atoms with van der Waals surface area (Å²) in [5, 5.41) is 13.7. The van der Waals surface area contributed by atoms with E-state index in [4.69, 9.17) is 14.0 Å². The van der Waals surface area contributed by atoms with E-state index in [0.29, 0.717) is 47.5 Å². The summed E-state index contributed by atoms with van der Waals surface area (Å²) in [6.07, 6.45) is 1.66. The van der Waals surface area contributed by atoms with Crippen LogP contribution in [0.4, 0.5) is 0 Å². The van der Waals surface area contributed by atoms with E-state index in [1.54, 1.807) is 36.1 Å². The number of aromatic nitrogens is 5. The fourth-order valence-electron chi connectivity index (χ4n) is 4.97. The molecule has 0 aliphatic heterocycles. The number of carboxylic acids is 1. The van der Waals surface area contributed by atoms with Gasteiger partial charge in [0.2, 0.25) is 5.88 Å². The number of hydrogen-bond acceptors (Lipinski definition) is 8. The Morgan fingerprint density at radius 3 is 2.52 bits per heavy atom. The molecular formula is C31H25N5O6. The molecule has 3 heterocycles. The molecule has 0 amide bonds. The highest BCUT2D eigenvalue weighted by Crippen LogP contribution is 2.37. The molecule has 0 aliphatic carbocycles. The van der Waals surface area contributed by atoms with Crippen LogP contribution in [0.2, 0.25) is 0 Å². The molecule has 0 aliphatic rings. The van der Waals surface area contributed by atoms with Crippen molar-refractivity contribution in [2.75, 3.05) is 13.7 Å². The van der Waals surface area contributed by atoms with Crippen LogP contribution in [0.5, 0.6) is 11.9 Å². The van der Waals surface area contributed by atoms with E-state index < -0.39 is 11.7 Å². The lowest BCUT2D eigenvalue weighted by molar-refractivity contribution is 0.0698. The number of benzene rings is 3. The molecule has 0 unspecified atom stereocenters. The van der Waals surface area contributed by atoms with Gasteiger partial charge in [-0.3, -0.25) is 14.1 Å². The minimum atomic E-state index is -1.04. The monoisotopic (exact) mass is 563 g/mol. The molecule has 11 heteroatoms. The van der Waals surface area contributed by atoms with E-state index in [-0.39, 0.29) is 5.56 Å². The van der Waals surface area contributed by atoms with Gasteiger partial charge in [0.25, 0.3) is 6.01 Å². The Hall–Kier alpha value is -5.71. The van der Waals surface area contributed by atoms with Crippen LogP contribution in [0.3, 0.4) is 0 Å². The molecule has 0 radical (unpaired) electrons. The third-order valence-corrected chi connectivity index (χ3v) is 6.83. The summed E-state index contributed by atoms with van der Waals surface area (Å²) in [4.78, 5) is 35.2. The van der Waals surface area contributed by atoms with Crippen LogP contribution in [0.25, 0.3) is 44.7 Å². The van der Waals surface area contributed by atoms with Gasteiger partial charge in [-0.25, -0.2) is 14.6 Å². The first-order valence-electron chi connectivity index (χ1n) is 13.1. The van der Waals surface area contributed by atoms with Gasteiger partial charge in [0.1, 0.15) is 0 Å². The third kappa shape index (κ3) is 4.87. The lowest BCUT2D eigenvalue weighted by atomic mass is 9.94. The van der Waals surface area contributed by atoms with Crippen LogP contribution < -0.4 is 15.2 Å². The fourth-order valence-corrected chi connectivity index (χ4v) is 4.97. The zero-order valence-corrected chi connectivity index (χ0v) is 22.7. The number of carbonyl (C=O) groups is 1. The Bertz CT molecular complexity index is 1970. The number of pyridine rings is 1. The number of fused-ring (bicyclic) bond motifs is 1. The average molecular weight is 564 g/mol. The molecule has 0 bridgehead atoms. The average Bonchev–Trinajstić information content (AvgIpc) is 3.60. The van der Waals surface area contributed by atoms with Crippen LogP contribution in [-0.4, -0.2) is 49.5 Å². The number of nitrogens with one attached hydrogen (secondary N) is 1. The maximum absolute atomic E-state index is 12.0. The number of rotatable bonds is 9. The van der Waals surface area contributed by atoms with Crippen molar-refractivity contribution in [3.05, 3.63) is 101 Å². The molecule has 0 spiro atoms. The summed E-state index contributed by atoms with van der Waals surface area (Å²) in [6.45, 7) is 2.58. The molecule has 42 heavy (non-hydrogen) atoms. The van der Waals surface area contributed by atoms with Crippen molar-refractivity contribution in [1.29, 1.82) is 0 Å². The smallest absolute Gasteiger partial charge is 0.439 e. The van der Waals surface area contributed by atoms with Gasteiger partial charge in [0.15, 0.2) is 5.82 Å². The van der Waals surface area contributed by atoms with Gasteiger partial charge >= 0.3 is 11.7 Å². The predicted molar refractivity (Wildman–Crippen MR) is 155 cm³/mol. The first-order valence-corrected chi connectivity index (χ1v) is 13.1. The molecule has 3 aromatic heterocycles. The number of hydrogen-bond donors (Lipinski definition) is 2. The molecule has 0 saturated carbocycles. The lowest BCUT2D eigenvalue weighted by Crippen LogP contribution is -2.08. The van der Waals surface area contributed by atoms with E-state index in [1.165, 1.54) is 0 Å². The minimum Gasteiger partial charge on any atom is -0.481 e. The maximum atomic E-state index is 12.0. The topological polar surface area (TPSA) is 145 Å². The molecular weight excluding hydrogens is 538 g/mol. The number of aromatic carboxylic acids is 1. The first-order chi connectivity index (χ1) is 20.5. The van der Waals surface area contributed by atoms with Gasteiger partial charge in [0.05, 0.1) is 36.9 Å². The van der Waals surface area contributed by atoms with Gasteiger partial charge in [-0.05, 0) is 65.6 Å². The van der Waals surface area contributed by atoms with Crippen molar-refractivity contribution in [3.8, 4) is 45.5 Å². The number of ether oxygens (including phenoxy) is 2. The van der Waals surface area contributed by atoms with Crippen LogP contribution in [-0.2, 0) is 6.54 Å². The Morgan fingerprint density at radius 2 is 1.81 bits per heavy atom. The summed E-state index contributed by atoms with van der Waals surface area (Å²) in [7, 11) is 1.57. The summed E-state index contributed by atoms with van der Waals surface area (Å²) in [5.74, 6) is -0.901. The minimum absolute atomic E-state index is 0.150. The molecule has 2 N–H and O–H groups in total. The Balaban J connectivity index is 1.43. The van der Waals surface area contributed by atoms with Gasteiger partial charge in [-0.15, -0.1) is 0 Å². The molecule has 0 fully saturated rings. The molecule has 3 aromatic carbocycles. The van der Waals surface area contributed by atoms with Crippen molar-refractivity contribution in [2.45, 2.75) is 13.5 Å². The van der Waals surface area contributed by atoms with Crippen molar-refractivity contribution >= 4 is 17.0 Å². The Kier molecular flexibility index (Phi) is 6.97. The van der Waals surface area contributed by atoms with Crippen molar-refractivity contribution in [2.24, 2.45) is 0 Å². The van der Waals surface area contributed by atoms with Gasteiger partial charge in [-0.2, -0.15) is 4.98 Å². The summed E-state index contributed by atoms with van der Waals surface area (Å²) in [6, 6.07) is 22.6. The molecule has 0 saturated heterocycles. The number of methoxy groups -OCH3 is 1. The summed E-state index contributed by atoms with van der Waals surface area (Å²) >= 11 is 0. The van der Waals surface area contributed by atoms with Crippen LogP contribution >= 0.6 is 0 Å². The normalized spacial score (nSPS) is 11.1. The number of para-hydroxylation sites is 1. The highest BCUT2D eigenvalue weighted by atomic mass is 16.5. The first kappa shape index (κ1) is 26.5. The van der Waals surface area contributed by atoms with Crippen LogP contribution in [0.15, 0.2) is 88.3 Å². The number of imidazole rings is 1. The van der Waals surface area contributed by atoms with Gasteiger partial charge < -0.3 is 14.6 Å². The molecule has 6 aromatic rings.